The summed E-state index contributed by atoms with van der Waals surface area (Å²) in [4.78, 5) is 35.0. The lowest BCUT2D eigenvalue weighted by Crippen LogP contribution is -2.66. The molecule has 3 aromatic heterocycles. The maximum Gasteiger partial charge on any atom is 0.300 e. The van der Waals surface area contributed by atoms with Gasteiger partial charge >= 0.3 is 0 Å². The highest BCUT2D eigenvalue weighted by Crippen LogP contribution is 2.57. The van der Waals surface area contributed by atoms with Crippen molar-refractivity contribution in [3.63, 3.8) is 0 Å². The zero-order chi connectivity index (χ0) is 27.2. The third-order valence-electron chi connectivity index (χ3n) is 7.23. The van der Waals surface area contributed by atoms with Crippen LogP contribution in [0.2, 0.25) is 0 Å². The number of aromatic nitrogens is 3. The van der Waals surface area contributed by atoms with Crippen molar-refractivity contribution in [1.29, 1.82) is 0 Å². The molecule has 39 heavy (non-hydrogen) atoms. The largest absolute Gasteiger partial charge is 0.422 e. The lowest BCUT2D eigenvalue weighted by molar-refractivity contribution is -0.170. The molecule has 1 amide bonds. The number of pyridine rings is 2. The van der Waals surface area contributed by atoms with Crippen LogP contribution >= 0.6 is 0 Å². The summed E-state index contributed by atoms with van der Waals surface area (Å²) < 4.78 is 38.6. The molecule has 3 fully saturated rings. The number of anilines is 3. The number of aliphatic imine (C=N–C) groups is 1. The standard InChI is InChI=1S/C26H28F2N8O3/c1-30-11-16(10-29)18-3-2-4-20(31-18)32-23(37)17-9-19-21(34-24(39-19)35-5-7-38-8-6-35)33-22(17)36-14-25(15-36)12-26(27,28)13-25/h2-4,9-11H,5-8,12-15,29H2,1H3,(H,31,32,37)/b16-10+,30-11?. The molecular formula is C26H28F2N8O3. The quantitative estimate of drug-likeness (QED) is 0.454. The lowest BCUT2D eigenvalue weighted by Gasteiger charge is -2.59. The van der Waals surface area contributed by atoms with E-state index in [1.54, 1.807) is 37.5 Å². The van der Waals surface area contributed by atoms with Gasteiger partial charge in [0.05, 0.1) is 24.5 Å². The Morgan fingerprint density at radius 1 is 1.15 bits per heavy atom. The van der Waals surface area contributed by atoms with Crippen LogP contribution in [0.4, 0.5) is 26.4 Å². The first kappa shape index (κ1) is 25.2. The van der Waals surface area contributed by atoms with Crippen LogP contribution in [0.1, 0.15) is 28.9 Å². The van der Waals surface area contributed by atoms with Gasteiger partial charge in [-0.15, -0.1) is 0 Å². The number of amides is 1. The molecule has 3 aromatic rings. The van der Waals surface area contributed by atoms with Crippen LogP contribution in [0, 0.1) is 5.41 Å². The van der Waals surface area contributed by atoms with Gasteiger partial charge in [-0.05, 0) is 12.1 Å². The van der Waals surface area contributed by atoms with E-state index in [0.717, 1.165) is 0 Å². The molecule has 0 aromatic carbocycles. The van der Waals surface area contributed by atoms with Gasteiger partial charge in [-0.25, -0.2) is 18.7 Å². The SMILES string of the molecule is CN=C/C(=C\N)c1cccc(NC(=O)c2cc3oc(N4CCOCC4)nc3nc2N2CC3(C2)CC(F)(F)C3)n1. The molecule has 0 bridgehead atoms. The van der Waals surface area contributed by atoms with Crippen molar-refractivity contribution in [2.24, 2.45) is 16.1 Å². The zero-order valence-electron chi connectivity index (χ0n) is 21.4. The van der Waals surface area contributed by atoms with Gasteiger partial charge in [-0.2, -0.15) is 4.98 Å². The summed E-state index contributed by atoms with van der Waals surface area (Å²) in [5.74, 6) is -2.41. The molecule has 3 aliphatic rings. The van der Waals surface area contributed by atoms with Crippen molar-refractivity contribution in [2.45, 2.75) is 18.8 Å². The molecule has 0 unspecified atom stereocenters. The van der Waals surface area contributed by atoms with Crippen molar-refractivity contribution in [2.75, 3.05) is 61.6 Å². The van der Waals surface area contributed by atoms with E-state index in [9.17, 15) is 13.6 Å². The van der Waals surface area contributed by atoms with E-state index in [1.165, 1.54) is 6.20 Å². The van der Waals surface area contributed by atoms with Crippen LogP contribution < -0.4 is 20.9 Å². The average Bonchev–Trinajstić information content (AvgIpc) is 3.32. The van der Waals surface area contributed by atoms with Crippen molar-refractivity contribution >= 4 is 46.6 Å². The summed E-state index contributed by atoms with van der Waals surface area (Å²) in [6.45, 7) is 3.15. The molecule has 0 atom stereocenters. The second-order valence-corrected chi connectivity index (χ2v) is 10.2. The van der Waals surface area contributed by atoms with Crippen LogP contribution in [0.25, 0.3) is 16.8 Å². The number of oxazole rings is 1. The van der Waals surface area contributed by atoms with Gasteiger partial charge in [0, 0.05) is 75.5 Å². The molecule has 1 aliphatic carbocycles. The van der Waals surface area contributed by atoms with Gasteiger partial charge in [0.15, 0.2) is 5.58 Å². The number of halogens is 2. The molecule has 0 radical (unpaired) electrons. The third kappa shape index (κ3) is 4.78. The molecule has 13 heteroatoms. The number of carbonyl (C=O) groups excluding carboxylic acids is 1. The van der Waals surface area contributed by atoms with Gasteiger partial charge < -0.3 is 30.0 Å². The Bertz CT molecular complexity index is 1470. The van der Waals surface area contributed by atoms with E-state index in [0.29, 0.717) is 79.5 Å². The number of nitrogens with zero attached hydrogens (tertiary/aromatic N) is 6. The first-order valence-electron chi connectivity index (χ1n) is 12.7. The van der Waals surface area contributed by atoms with E-state index >= 15 is 0 Å². The van der Waals surface area contributed by atoms with Crippen LogP contribution in [0.3, 0.4) is 0 Å². The number of nitrogens with two attached hydrogens (primary N) is 1. The molecular weight excluding hydrogens is 510 g/mol. The fraction of sp³-hybridized carbons (Fsp3) is 0.423. The first-order valence-corrected chi connectivity index (χ1v) is 12.7. The number of hydrogen-bond acceptors (Lipinski definition) is 10. The van der Waals surface area contributed by atoms with Crippen molar-refractivity contribution in [3.05, 3.63) is 41.7 Å². The summed E-state index contributed by atoms with van der Waals surface area (Å²) in [5, 5.41) is 2.82. The molecule has 6 rings (SSSR count). The number of allylic oxidation sites excluding steroid dienone is 1. The van der Waals surface area contributed by atoms with Crippen LogP contribution in [-0.4, -0.2) is 79.4 Å². The topological polar surface area (TPSA) is 135 Å². The van der Waals surface area contributed by atoms with E-state index in [2.05, 4.69) is 25.3 Å². The van der Waals surface area contributed by atoms with Crippen molar-refractivity contribution < 1.29 is 22.7 Å². The molecule has 11 nitrogen and oxygen atoms in total. The Morgan fingerprint density at radius 3 is 2.62 bits per heavy atom. The number of hydrogen-bond donors (Lipinski definition) is 2. The Hall–Kier alpha value is -4.13. The Kier molecular flexibility index (Phi) is 6.17. The lowest BCUT2D eigenvalue weighted by atomic mass is 9.61. The van der Waals surface area contributed by atoms with Gasteiger partial charge in [-0.1, -0.05) is 6.07 Å². The first-order chi connectivity index (χ1) is 18.8. The molecule has 5 heterocycles. The van der Waals surface area contributed by atoms with Crippen LogP contribution in [-0.2, 0) is 4.74 Å². The number of fused-ring (bicyclic) bond motifs is 1. The monoisotopic (exact) mass is 538 g/mol. The highest BCUT2D eigenvalue weighted by atomic mass is 19.3. The van der Waals surface area contributed by atoms with E-state index in [1.807, 2.05) is 9.80 Å². The van der Waals surface area contributed by atoms with Crippen molar-refractivity contribution in [3.8, 4) is 0 Å². The predicted octanol–water partition coefficient (Wildman–Crippen LogP) is 2.94. The predicted molar refractivity (Wildman–Crippen MR) is 142 cm³/mol. The molecule has 3 N–H and O–H groups in total. The minimum Gasteiger partial charge on any atom is -0.422 e. The van der Waals surface area contributed by atoms with Crippen LogP contribution in [0.5, 0.6) is 0 Å². The minimum atomic E-state index is -2.63. The second kappa shape index (κ2) is 9.56. The summed E-state index contributed by atoms with van der Waals surface area (Å²) in [5.41, 5.74) is 7.33. The maximum atomic E-state index is 13.6. The fourth-order valence-electron chi connectivity index (χ4n) is 5.51. The Balaban J connectivity index is 1.31. The van der Waals surface area contributed by atoms with Gasteiger partial charge in [0.2, 0.25) is 11.6 Å². The summed E-state index contributed by atoms with van der Waals surface area (Å²) >= 11 is 0. The average molecular weight is 539 g/mol. The Labute approximate surface area is 222 Å². The van der Waals surface area contributed by atoms with E-state index < -0.39 is 17.2 Å². The number of alkyl halides is 2. The number of nitrogens with one attached hydrogen (secondary N) is 1. The van der Waals surface area contributed by atoms with Gasteiger partial charge in [0.25, 0.3) is 11.9 Å². The number of morpholine rings is 1. The van der Waals surface area contributed by atoms with Crippen LogP contribution in [0.15, 0.2) is 39.9 Å². The number of rotatable bonds is 6. The highest BCUT2D eigenvalue weighted by Gasteiger charge is 2.62. The van der Waals surface area contributed by atoms with Gasteiger partial charge in [-0.3, -0.25) is 9.79 Å². The molecule has 2 aliphatic heterocycles. The minimum absolute atomic E-state index is 0.153. The van der Waals surface area contributed by atoms with E-state index in [-0.39, 0.29) is 18.4 Å². The summed E-state index contributed by atoms with van der Waals surface area (Å²) in [6, 6.07) is 7.16. The molecule has 2 saturated heterocycles. The summed E-state index contributed by atoms with van der Waals surface area (Å²) in [6.07, 6.45) is 2.65. The number of ether oxygens (including phenoxy) is 1. The third-order valence-corrected chi connectivity index (χ3v) is 7.23. The smallest absolute Gasteiger partial charge is 0.300 e. The molecule has 204 valence electrons. The normalized spacial score (nSPS) is 20.3. The number of carbonyl (C=O) groups is 1. The molecule has 1 spiro atoms. The van der Waals surface area contributed by atoms with E-state index in [4.69, 9.17) is 14.9 Å². The molecule has 1 saturated carbocycles. The Morgan fingerprint density at radius 2 is 1.92 bits per heavy atom. The zero-order valence-corrected chi connectivity index (χ0v) is 21.4. The second-order valence-electron chi connectivity index (χ2n) is 10.2. The maximum absolute atomic E-state index is 13.6. The fourth-order valence-corrected chi connectivity index (χ4v) is 5.51. The highest BCUT2D eigenvalue weighted by molar-refractivity contribution is 6.10. The van der Waals surface area contributed by atoms with Crippen molar-refractivity contribution in [1.82, 2.24) is 15.0 Å². The summed E-state index contributed by atoms with van der Waals surface area (Å²) in [7, 11) is 1.62. The van der Waals surface area contributed by atoms with Gasteiger partial charge in [0.1, 0.15) is 11.6 Å².